The maximum Gasteiger partial charge on any atom is 0.416 e. The molecule has 3 saturated heterocycles. The number of amides is 1. The number of benzene rings is 2. The lowest BCUT2D eigenvalue weighted by atomic mass is 9.71. The monoisotopic (exact) mass is 630 g/mol. The molecule has 1 atom stereocenters. The highest BCUT2D eigenvalue weighted by Crippen LogP contribution is 2.40. The lowest BCUT2D eigenvalue weighted by Gasteiger charge is -2.47. The van der Waals surface area contributed by atoms with Crippen LogP contribution < -0.4 is 5.32 Å². The summed E-state index contributed by atoms with van der Waals surface area (Å²) in [4.78, 5) is 29.0. The predicted molar refractivity (Wildman–Crippen MR) is 142 cm³/mol. The largest absolute Gasteiger partial charge is 0.416 e. The lowest BCUT2D eigenvalue weighted by Crippen LogP contribution is -2.57. The number of aryl methyl sites for hydroxylation is 1. The molecule has 3 aliphatic rings. The molecule has 1 unspecified atom stereocenters. The van der Waals surface area contributed by atoms with E-state index in [4.69, 9.17) is 23.2 Å². The Morgan fingerprint density at radius 2 is 1.40 bits per heavy atom. The summed E-state index contributed by atoms with van der Waals surface area (Å²) in [6.45, 7) is 2.32. The third-order valence-electron chi connectivity index (χ3n) is 7.63. The quantitative estimate of drug-likeness (QED) is 0.315. The number of alkyl halides is 6. The molecular formula is C27H27Cl3F6N2O2. The van der Waals surface area contributed by atoms with E-state index in [1.807, 2.05) is 0 Å². The van der Waals surface area contributed by atoms with E-state index < -0.39 is 40.7 Å². The van der Waals surface area contributed by atoms with Crippen LogP contribution in [0.1, 0.15) is 47.9 Å². The number of fused-ring (bicyclic) bond motifs is 3. The molecule has 220 valence electrons. The van der Waals surface area contributed by atoms with Gasteiger partial charge in [0.25, 0.3) is 0 Å². The van der Waals surface area contributed by atoms with Crippen molar-refractivity contribution < 1.29 is 35.9 Å². The number of hydrogen-bond donors (Lipinski definition) is 1. The van der Waals surface area contributed by atoms with Crippen molar-refractivity contribution in [3.05, 3.63) is 68.7 Å². The van der Waals surface area contributed by atoms with Crippen molar-refractivity contribution in [2.45, 2.75) is 56.9 Å². The Kier molecular flexibility index (Phi) is 10.1. The van der Waals surface area contributed by atoms with E-state index in [9.17, 15) is 35.9 Å². The van der Waals surface area contributed by atoms with Gasteiger partial charge in [-0.1, -0.05) is 29.3 Å². The molecule has 2 bridgehead atoms. The van der Waals surface area contributed by atoms with Crippen LogP contribution in [0.4, 0.5) is 26.3 Å². The van der Waals surface area contributed by atoms with Crippen molar-refractivity contribution in [3.63, 3.8) is 0 Å². The summed E-state index contributed by atoms with van der Waals surface area (Å²) in [7, 11) is 0. The summed E-state index contributed by atoms with van der Waals surface area (Å²) in [6.07, 6.45) is -8.71. The summed E-state index contributed by atoms with van der Waals surface area (Å²) in [5, 5.41) is 3.39. The minimum Gasteiger partial charge on any atom is -0.345 e. The molecule has 40 heavy (non-hydrogen) atoms. The number of Topliss-reactive ketones (excluding diaryl/α,β-unsaturated/α-hetero) is 1. The van der Waals surface area contributed by atoms with Gasteiger partial charge >= 0.3 is 12.4 Å². The second-order valence-electron chi connectivity index (χ2n) is 10.2. The van der Waals surface area contributed by atoms with Crippen LogP contribution in [0, 0.1) is 5.41 Å². The number of carbonyl (C=O) groups is 2. The first-order valence-electron chi connectivity index (χ1n) is 12.4. The number of carbonyl (C=O) groups excluding carboxylic acids is 2. The molecule has 0 spiro atoms. The van der Waals surface area contributed by atoms with Gasteiger partial charge in [-0.25, -0.2) is 0 Å². The normalized spacial score (nSPS) is 21.4. The van der Waals surface area contributed by atoms with E-state index in [0.29, 0.717) is 42.0 Å². The van der Waals surface area contributed by atoms with Gasteiger partial charge in [0, 0.05) is 6.42 Å². The summed E-state index contributed by atoms with van der Waals surface area (Å²) in [5.41, 5.74) is -3.17. The SMILES string of the molecule is Cl.O=C(CCc1cc(C(F)(F)F)cc(C(F)(F)F)c1)C(Cc1ccc(Cl)c(Cl)c1)NC(=O)C12CCN(CC1)CC2. The number of halogens is 9. The van der Waals surface area contributed by atoms with Gasteiger partial charge in [-0.05, 0) is 93.2 Å². The van der Waals surface area contributed by atoms with Crippen molar-refractivity contribution >= 4 is 47.3 Å². The lowest BCUT2D eigenvalue weighted by molar-refractivity contribution is -0.143. The van der Waals surface area contributed by atoms with Crippen molar-refractivity contribution in [3.8, 4) is 0 Å². The first kappa shape index (κ1) is 32.5. The molecule has 2 aromatic carbocycles. The Bertz CT molecular complexity index is 1200. The third-order valence-corrected chi connectivity index (χ3v) is 8.37. The number of hydrogen-bond acceptors (Lipinski definition) is 3. The summed E-state index contributed by atoms with van der Waals surface area (Å²) < 4.78 is 79.5. The van der Waals surface area contributed by atoms with Crippen LogP contribution in [0.15, 0.2) is 36.4 Å². The topological polar surface area (TPSA) is 49.4 Å². The molecular weight excluding hydrogens is 605 g/mol. The molecule has 13 heteroatoms. The van der Waals surface area contributed by atoms with E-state index in [-0.39, 0.29) is 54.2 Å². The van der Waals surface area contributed by atoms with Crippen molar-refractivity contribution in [2.75, 3.05) is 19.6 Å². The van der Waals surface area contributed by atoms with Gasteiger partial charge in [0.1, 0.15) is 0 Å². The number of nitrogens with one attached hydrogen (secondary N) is 1. The molecule has 3 aliphatic heterocycles. The molecule has 3 heterocycles. The average Bonchev–Trinajstić information content (AvgIpc) is 2.89. The Hall–Kier alpha value is -2.01. The first-order chi connectivity index (χ1) is 18.2. The Balaban J connectivity index is 0.00000441. The highest BCUT2D eigenvalue weighted by atomic mass is 35.5. The Morgan fingerprint density at radius 1 is 0.850 bits per heavy atom. The van der Waals surface area contributed by atoms with E-state index in [1.165, 1.54) is 0 Å². The minimum atomic E-state index is -4.99. The fraction of sp³-hybridized carbons (Fsp3) is 0.481. The molecule has 0 radical (unpaired) electrons. The summed E-state index contributed by atoms with van der Waals surface area (Å²) in [6, 6.07) is 4.97. The minimum absolute atomic E-state index is 0. The van der Waals surface area contributed by atoms with Crippen molar-refractivity contribution in [1.29, 1.82) is 0 Å². The number of ketones is 1. The zero-order chi connectivity index (χ0) is 28.6. The molecule has 4 nitrogen and oxygen atoms in total. The van der Waals surface area contributed by atoms with Crippen LogP contribution in [0.25, 0.3) is 0 Å². The Morgan fingerprint density at radius 3 is 1.90 bits per heavy atom. The van der Waals surface area contributed by atoms with E-state index in [2.05, 4.69) is 10.2 Å². The number of rotatable bonds is 8. The van der Waals surface area contributed by atoms with E-state index in [0.717, 1.165) is 19.6 Å². The van der Waals surface area contributed by atoms with Crippen LogP contribution in [0.2, 0.25) is 10.0 Å². The molecule has 0 aromatic heterocycles. The second kappa shape index (κ2) is 12.5. The number of nitrogens with zero attached hydrogens (tertiary/aromatic N) is 1. The summed E-state index contributed by atoms with van der Waals surface area (Å²) >= 11 is 12.1. The number of piperidine rings is 3. The summed E-state index contributed by atoms with van der Waals surface area (Å²) in [5.74, 6) is -0.774. The standard InChI is InChI=1S/C27H26Cl2F6N2O2.ClH/c28-20-3-1-17(13-21(20)29)14-22(36-24(39)25-5-8-37(9-6-25)10-7-25)23(38)4-2-16-11-18(26(30,31)32)15-19(12-16)27(33,34)35;/h1,3,11-13,15,22H,2,4-10,14H2,(H,36,39);1H. The van der Waals surface area contributed by atoms with Crippen LogP contribution in [0.5, 0.6) is 0 Å². The van der Waals surface area contributed by atoms with Crippen LogP contribution in [0.3, 0.4) is 0 Å². The maximum absolute atomic E-state index is 13.4. The van der Waals surface area contributed by atoms with Gasteiger partial charge in [-0.2, -0.15) is 26.3 Å². The fourth-order valence-corrected chi connectivity index (χ4v) is 5.55. The second-order valence-corrected chi connectivity index (χ2v) is 11.0. The zero-order valence-electron chi connectivity index (χ0n) is 21.1. The van der Waals surface area contributed by atoms with Crippen LogP contribution in [-0.2, 0) is 34.8 Å². The maximum atomic E-state index is 13.4. The third kappa shape index (κ3) is 7.63. The van der Waals surface area contributed by atoms with Gasteiger partial charge in [-0.15, -0.1) is 12.4 Å². The van der Waals surface area contributed by atoms with Gasteiger partial charge < -0.3 is 10.2 Å². The molecule has 5 rings (SSSR count). The molecule has 0 aliphatic carbocycles. The molecule has 1 amide bonds. The Labute approximate surface area is 243 Å². The van der Waals surface area contributed by atoms with Crippen LogP contribution in [-0.4, -0.2) is 42.3 Å². The predicted octanol–water partition coefficient (Wildman–Crippen LogP) is 7.17. The van der Waals surface area contributed by atoms with Gasteiger partial charge in [0.15, 0.2) is 5.78 Å². The van der Waals surface area contributed by atoms with E-state index in [1.54, 1.807) is 18.2 Å². The fourth-order valence-electron chi connectivity index (χ4n) is 5.23. The van der Waals surface area contributed by atoms with Crippen molar-refractivity contribution in [2.24, 2.45) is 5.41 Å². The van der Waals surface area contributed by atoms with Gasteiger partial charge in [0.2, 0.25) is 5.91 Å². The molecule has 2 aromatic rings. The molecule has 0 saturated carbocycles. The zero-order valence-corrected chi connectivity index (χ0v) is 23.4. The van der Waals surface area contributed by atoms with E-state index >= 15 is 0 Å². The average molecular weight is 632 g/mol. The highest BCUT2D eigenvalue weighted by molar-refractivity contribution is 6.42. The molecule has 3 fully saturated rings. The van der Waals surface area contributed by atoms with Crippen LogP contribution >= 0.6 is 35.6 Å². The first-order valence-corrected chi connectivity index (χ1v) is 13.2. The smallest absolute Gasteiger partial charge is 0.345 e. The highest BCUT2D eigenvalue weighted by Gasteiger charge is 2.46. The van der Waals surface area contributed by atoms with Crippen molar-refractivity contribution in [1.82, 2.24) is 10.2 Å². The molecule has 1 N–H and O–H groups in total. The van der Waals surface area contributed by atoms with Gasteiger partial charge in [0.05, 0.1) is 32.6 Å². The van der Waals surface area contributed by atoms with Gasteiger partial charge in [-0.3, -0.25) is 9.59 Å².